The zero-order valence-corrected chi connectivity index (χ0v) is 26.1. The van der Waals surface area contributed by atoms with E-state index in [-0.39, 0.29) is 5.78 Å². The van der Waals surface area contributed by atoms with E-state index in [1.54, 1.807) is 0 Å². The second kappa shape index (κ2) is 30.5. The molecule has 3 atom stereocenters. The van der Waals surface area contributed by atoms with E-state index in [0.717, 1.165) is 44.9 Å². The van der Waals surface area contributed by atoms with Crippen molar-refractivity contribution in [2.24, 2.45) is 5.73 Å². The van der Waals surface area contributed by atoms with Crippen molar-refractivity contribution in [1.29, 1.82) is 0 Å². The summed E-state index contributed by atoms with van der Waals surface area (Å²) in [5.41, 5.74) is 6.03. The van der Waals surface area contributed by atoms with Gasteiger partial charge >= 0.3 is 0 Å². The first kappa shape index (κ1) is 38.5. The van der Waals surface area contributed by atoms with Gasteiger partial charge in [0.05, 0.1) is 12.1 Å². The summed E-state index contributed by atoms with van der Waals surface area (Å²) in [5.74, 6) is -0.217. The van der Waals surface area contributed by atoms with E-state index in [1.807, 2.05) is 0 Å². The van der Waals surface area contributed by atoms with Crippen LogP contribution in [0.2, 0.25) is 0 Å². The molecule has 5 heteroatoms. The molecule has 39 heavy (non-hydrogen) atoms. The minimum Gasteiger partial charge on any atom is -0.396 e. The Balaban J connectivity index is 3.56. The molecule has 0 amide bonds. The summed E-state index contributed by atoms with van der Waals surface area (Å²) in [6.07, 6.45) is 30.8. The van der Waals surface area contributed by atoms with Crippen molar-refractivity contribution in [3.8, 4) is 0 Å². The number of rotatable bonds is 32. The average molecular weight is 556 g/mol. The third kappa shape index (κ3) is 26.2. The Kier molecular flexibility index (Phi) is 30.1. The lowest BCUT2D eigenvalue weighted by atomic mass is 9.95. The van der Waals surface area contributed by atoms with Gasteiger partial charge in [-0.2, -0.15) is 0 Å². The fourth-order valence-corrected chi connectivity index (χ4v) is 5.49. The van der Waals surface area contributed by atoms with Gasteiger partial charge in [-0.05, 0) is 19.3 Å². The lowest BCUT2D eigenvalue weighted by Crippen LogP contribution is -2.48. The van der Waals surface area contributed by atoms with Gasteiger partial charge in [0.1, 0.15) is 6.10 Å². The molecule has 234 valence electrons. The van der Waals surface area contributed by atoms with Gasteiger partial charge in [-0.3, -0.25) is 4.79 Å². The van der Waals surface area contributed by atoms with Gasteiger partial charge in [0, 0.05) is 13.0 Å². The van der Waals surface area contributed by atoms with E-state index >= 15 is 0 Å². The first-order valence-corrected chi connectivity index (χ1v) is 17.3. The zero-order chi connectivity index (χ0) is 28.8. The van der Waals surface area contributed by atoms with Crippen molar-refractivity contribution in [2.45, 2.75) is 205 Å². The third-order valence-electron chi connectivity index (χ3n) is 8.32. The first-order chi connectivity index (χ1) is 19.0. The number of Topliss-reactive ketones (excluding diaryl/α,β-unsaturated/α-hetero) is 1. The van der Waals surface area contributed by atoms with Crippen LogP contribution < -0.4 is 5.73 Å². The topological polar surface area (TPSA) is 104 Å². The summed E-state index contributed by atoms with van der Waals surface area (Å²) in [7, 11) is 0. The number of hydrogen-bond donors (Lipinski definition) is 4. The van der Waals surface area contributed by atoms with Crippen molar-refractivity contribution < 1.29 is 20.1 Å². The molecule has 0 fully saturated rings. The largest absolute Gasteiger partial charge is 0.396 e. The maximum atomic E-state index is 12.3. The van der Waals surface area contributed by atoms with Crippen LogP contribution in [0.15, 0.2) is 0 Å². The highest BCUT2D eigenvalue weighted by Crippen LogP contribution is 2.16. The standard InChI is InChI=1S/C34H69NO4/c1-2-3-4-5-6-7-8-10-13-16-19-22-25-28-31(37)33(35)34(39)32(38)29-26-23-20-17-14-11-9-12-15-18-21-24-27-30-36/h31,33-34,36-37,39H,2-30,35H2,1H3/t31-,33-,34?/m1/s1. The van der Waals surface area contributed by atoms with Crippen molar-refractivity contribution in [3.63, 3.8) is 0 Å². The lowest BCUT2D eigenvalue weighted by Gasteiger charge is -2.23. The molecule has 0 aliphatic carbocycles. The van der Waals surface area contributed by atoms with Crippen LogP contribution in [0.1, 0.15) is 187 Å². The number of ketones is 1. The molecule has 0 aliphatic rings. The molecule has 0 aromatic rings. The number of aliphatic hydroxyl groups is 3. The Hall–Kier alpha value is -0.490. The summed E-state index contributed by atoms with van der Waals surface area (Å²) in [5, 5.41) is 29.5. The van der Waals surface area contributed by atoms with Gasteiger partial charge in [0.2, 0.25) is 0 Å². The fourth-order valence-electron chi connectivity index (χ4n) is 5.49. The maximum Gasteiger partial charge on any atom is 0.162 e. The summed E-state index contributed by atoms with van der Waals surface area (Å²) >= 11 is 0. The predicted octanol–water partition coefficient (Wildman–Crippen LogP) is 8.54. The molecular formula is C34H69NO4. The van der Waals surface area contributed by atoms with Crippen LogP contribution in [0.5, 0.6) is 0 Å². The van der Waals surface area contributed by atoms with Crippen molar-refractivity contribution in [3.05, 3.63) is 0 Å². The molecule has 0 saturated carbocycles. The van der Waals surface area contributed by atoms with Crippen LogP contribution >= 0.6 is 0 Å². The number of carbonyl (C=O) groups is 1. The van der Waals surface area contributed by atoms with E-state index in [0.29, 0.717) is 19.4 Å². The van der Waals surface area contributed by atoms with Gasteiger partial charge in [0.25, 0.3) is 0 Å². The van der Waals surface area contributed by atoms with Crippen molar-refractivity contribution in [1.82, 2.24) is 0 Å². The molecule has 0 aliphatic heterocycles. The highest BCUT2D eigenvalue weighted by Gasteiger charge is 2.27. The Labute approximate surface area is 243 Å². The summed E-state index contributed by atoms with van der Waals surface area (Å²) in [6.45, 7) is 2.59. The molecule has 0 rings (SSSR count). The van der Waals surface area contributed by atoms with Crippen molar-refractivity contribution in [2.75, 3.05) is 6.61 Å². The monoisotopic (exact) mass is 556 g/mol. The summed E-state index contributed by atoms with van der Waals surface area (Å²) in [6, 6.07) is -0.871. The van der Waals surface area contributed by atoms with Crippen LogP contribution in [0, 0.1) is 0 Å². The molecule has 0 radical (unpaired) electrons. The minimum atomic E-state index is -1.24. The third-order valence-corrected chi connectivity index (χ3v) is 8.32. The van der Waals surface area contributed by atoms with Gasteiger partial charge in [-0.1, -0.05) is 161 Å². The van der Waals surface area contributed by atoms with Crippen LogP contribution in [0.25, 0.3) is 0 Å². The Morgan fingerprint density at radius 1 is 0.538 bits per heavy atom. The van der Waals surface area contributed by atoms with Gasteiger partial charge in [-0.15, -0.1) is 0 Å². The van der Waals surface area contributed by atoms with E-state index in [2.05, 4.69) is 6.92 Å². The molecule has 0 aromatic carbocycles. The van der Waals surface area contributed by atoms with Gasteiger partial charge < -0.3 is 21.1 Å². The highest BCUT2D eigenvalue weighted by atomic mass is 16.3. The fraction of sp³-hybridized carbons (Fsp3) is 0.971. The Morgan fingerprint density at radius 2 is 0.872 bits per heavy atom. The second-order valence-electron chi connectivity index (χ2n) is 12.2. The van der Waals surface area contributed by atoms with Crippen molar-refractivity contribution >= 4 is 5.78 Å². The lowest BCUT2D eigenvalue weighted by molar-refractivity contribution is -0.129. The number of hydrogen-bond acceptors (Lipinski definition) is 5. The zero-order valence-electron chi connectivity index (χ0n) is 26.1. The number of unbranched alkanes of at least 4 members (excludes halogenated alkanes) is 24. The summed E-state index contributed by atoms with van der Waals surface area (Å²) < 4.78 is 0. The average Bonchev–Trinajstić information content (AvgIpc) is 2.94. The van der Waals surface area contributed by atoms with Crippen LogP contribution in [0.3, 0.4) is 0 Å². The number of nitrogens with two attached hydrogens (primary N) is 1. The number of aliphatic hydroxyl groups excluding tert-OH is 3. The maximum absolute atomic E-state index is 12.3. The minimum absolute atomic E-state index is 0.217. The van der Waals surface area contributed by atoms with Gasteiger partial charge in [-0.25, -0.2) is 0 Å². The quantitative estimate of drug-likeness (QED) is 0.0623. The van der Waals surface area contributed by atoms with Crippen LogP contribution in [-0.4, -0.2) is 46.0 Å². The van der Waals surface area contributed by atoms with E-state index in [4.69, 9.17) is 10.8 Å². The summed E-state index contributed by atoms with van der Waals surface area (Å²) in [4.78, 5) is 12.3. The normalized spacial score (nSPS) is 14.0. The first-order valence-electron chi connectivity index (χ1n) is 17.3. The predicted molar refractivity (Wildman–Crippen MR) is 167 cm³/mol. The van der Waals surface area contributed by atoms with E-state index in [1.165, 1.54) is 122 Å². The molecule has 0 saturated heterocycles. The smallest absolute Gasteiger partial charge is 0.162 e. The molecule has 5 N–H and O–H groups in total. The Morgan fingerprint density at radius 3 is 1.26 bits per heavy atom. The highest BCUT2D eigenvalue weighted by molar-refractivity contribution is 5.83. The number of carbonyl (C=O) groups excluding carboxylic acids is 1. The molecule has 1 unspecified atom stereocenters. The molecular weight excluding hydrogens is 486 g/mol. The van der Waals surface area contributed by atoms with Crippen LogP contribution in [-0.2, 0) is 4.79 Å². The molecule has 0 aromatic heterocycles. The van der Waals surface area contributed by atoms with Crippen LogP contribution in [0.4, 0.5) is 0 Å². The molecule has 5 nitrogen and oxygen atoms in total. The van der Waals surface area contributed by atoms with E-state index in [9.17, 15) is 15.0 Å². The second-order valence-corrected chi connectivity index (χ2v) is 12.2. The van der Waals surface area contributed by atoms with Gasteiger partial charge in [0.15, 0.2) is 5.78 Å². The van der Waals surface area contributed by atoms with E-state index < -0.39 is 18.2 Å². The molecule has 0 spiro atoms. The SMILES string of the molecule is CCCCCCCCCCCCCCC[C@@H](O)[C@@H](N)C(O)C(=O)CCCCCCCCCCCCCCCO. The Bertz CT molecular complexity index is 502. The molecule has 0 bridgehead atoms. The molecule has 0 heterocycles.